The highest BCUT2D eigenvalue weighted by Gasteiger charge is 2.42. The van der Waals surface area contributed by atoms with E-state index in [9.17, 15) is 22.4 Å². The lowest BCUT2D eigenvalue weighted by atomic mass is 9.79. The molecule has 0 unspecified atom stereocenters. The summed E-state index contributed by atoms with van der Waals surface area (Å²) < 4.78 is 61.7. The number of amides is 2. The Hall–Kier alpha value is -3.17. The fraction of sp³-hybridized carbons (Fsp3) is 0.333. The van der Waals surface area contributed by atoms with Crippen LogP contribution in [0.2, 0.25) is 5.02 Å². The van der Waals surface area contributed by atoms with Gasteiger partial charge in [0.1, 0.15) is 11.4 Å². The molecule has 5 nitrogen and oxygen atoms in total. The molecule has 2 aromatic carbocycles. The number of morpholine rings is 1. The maximum absolute atomic E-state index is 14.7. The number of alkyl halides is 3. The van der Waals surface area contributed by atoms with Gasteiger partial charge in [-0.05, 0) is 55.3 Å². The normalized spacial score (nSPS) is 19.8. The Kier molecular flexibility index (Phi) is 7.75. The second-order valence-electron chi connectivity index (χ2n) is 9.25. The molecule has 2 heterocycles. The molecule has 4 rings (SSSR count). The van der Waals surface area contributed by atoms with Crippen molar-refractivity contribution in [3.8, 4) is 0 Å². The quantitative estimate of drug-likeness (QED) is 0.396. The highest BCUT2D eigenvalue weighted by molar-refractivity contribution is 6.30. The Morgan fingerprint density at radius 1 is 1.05 bits per heavy atom. The number of urea groups is 1. The maximum atomic E-state index is 14.7. The van der Waals surface area contributed by atoms with Crippen molar-refractivity contribution in [3.63, 3.8) is 0 Å². The van der Waals surface area contributed by atoms with Crippen molar-refractivity contribution >= 4 is 17.6 Å². The van der Waals surface area contributed by atoms with Crippen LogP contribution in [0, 0.1) is 5.82 Å². The SMILES string of the molecule is C[C@@H]1CN(C(=O)N[C@@](Cc2ccccc2)(c2cc(F)cc(C(F)(F)F)c2)c2ccc(Cl)cn2)C[C@H](C)O1. The number of carbonyl (C=O) groups is 1. The summed E-state index contributed by atoms with van der Waals surface area (Å²) in [6.07, 6.45) is -3.94. The molecule has 37 heavy (non-hydrogen) atoms. The summed E-state index contributed by atoms with van der Waals surface area (Å²) in [5.74, 6) is -1.08. The number of hydrogen-bond donors (Lipinski definition) is 1. The highest BCUT2D eigenvalue weighted by Crippen LogP contribution is 2.38. The minimum Gasteiger partial charge on any atom is -0.372 e. The predicted octanol–water partition coefficient (Wildman–Crippen LogP) is 6.20. The topological polar surface area (TPSA) is 54.5 Å². The van der Waals surface area contributed by atoms with Gasteiger partial charge in [-0.1, -0.05) is 41.9 Å². The molecule has 1 aromatic heterocycles. The molecule has 0 bridgehead atoms. The summed E-state index contributed by atoms with van der Waals surface area (Å²) in [7, 11) is 0. The third-order valence-electron chi connectivity index (χ3n) is 6.22. The summed E-state index contributed by atoms with van der Waals surface area (Å²) in [6, 6.07) is 13.7. The Morgan fingerprint density at radius 3 is 2.30 bits per heavy atom. The lowest BCUT2D eigenvalue weighted by molar-refractivity contribution is -0.137. The van der Waals surface area contributed by atoms with Crippen molar-refractivity contribution in [2.45, 2.75) is 44.2 Å². The van der Waals surface area contributed by atoms with Crippen molar-refractivity contribution in [2.24, 2.45) is 0 Å². The lowest BCUT2D eigenvalue weighted by Gasteiger charge is -2.40. The van der Waals surface area contributed by atoms with Crippen LogP contribution in [-0.4, -0.2) is 41.2 Å². The van der Waals surface area contributed by atoms with E-state index in [0.29, 0.717) is 16.7 Å². The average Bonchev–Trinajstić information content (AvgIpc) is 2.83. The van der Waals surface area contributed by atoms with Gasteiger partial charge in [-0.3, -0.25) is 4.98 Å². The lowest BCUT2D eigenvalue weighted by Crippen LogP contribution is -2.57. The van der Waals surface area contributed by atoms with Crippen molar-refractivity contribution in [1.82, 2.24) is 15.2 Å². The number of pyridine rings is 1. The van der Waals surface area contributed by atoms with Gasteiger partial charge in [0.15, 0.2) is 0 Å². The molecular formula is C27H26ClF4N3O2. The smallest absolute Gasteiger partial charge is 0.372 e. The van der Waals surface area contributed by atoms with E-state index in [1.54, 1.807) is 35.2 Å². The van der Waals surface area contributed by atoms with E-state index in [-0.39, 0.29) is 43.0 Å². The highest BCUT2D eigenvalue weighted by atomic mass is 35.5. The van der Waals surface area contributed by atoms with E-state index in [4.69, 9.17) is 16.3 Å². The first-order valence-corrected chi connectivity index (χ1v) is 12.1. The molecule has 3 aromatic rings. The molecule has 0 radical (unpaired) electrons. The van der Waals surface area contributed by atoms with Gasteiger partial charge in [0, 0.05) is 25.7 Å². The van der Waals surface area contributed by atoms with E-state index in [0.717, 1.165) is 12.1 Å². The Balaban J connectivity index is 1.91. The van der Waals surface area contributed by atoms with Crippen LogP contribution in [0.15, 0.2) is 66.9 Å². The third kappa shape index (κ3) is 6.22. The zero-order chi connectivity index (χ0) is 26.8. The zero-order valence-corrected chi connectivity index (χ0v) is 21.0. The van der Waals surface area contributed by atoms with Crippen LogP contribution in [0.5, 0.6) is 0 Å². The standard InChI is InChI=1S/C27H26ClF4N3O2/c1-17-15-35(16-18(2)37-17)25(36)34-26(13-19-6-4-3-5-7-19,24-9-8-22(28)14-33-24)20-10-21(27(30,31)32)12-23(29)11-20/h3-12,14,17-18H,13,15-16H2,1-2H3,(H,34,36)/t17-,18+,26-/m0/s1. The number of nitrogens with one attached hydrogen (secondary N) is 1. The van der Waals surface area contributed by atoms with Crippen molar-refractivity contribution in [1.29, 1.82) is 0 Å². The average molecular weight is 536 g/mol. The molecule has 0 saturated carbocycles. The van der Waals surface area contributed by atoms with Crippen molar-refractivity contribution in [3.05, 3.63) is 100 Å². The first kappa shape index (κ1) is 26.9. The van der Waals surface area contributed by atoms with Gasteiger partial charge < -0.3 is 15.0 Å². The summed E-state index contributed by atoms with van der Waals surface area (Å²) in [6.45, 7) is 4.22. The Labute approximate surface area is 217 Å². The van der Waals surface area contributed by atoms with E-state index in [2.05, 4.69) is 10.3 Å². The molecule has 1 N–H and O–H groups in total. The van der Waals surface area contributed by atoms with Gasteiger partial charge in [-0.15, -0.1) is 0 Å². The molecule has 1 aliphatic heterocycles. The molecular weight excluding hydrogens is 510 g/mol. The number of nitrogens with zero attached hydrogens (tertiary/aromatic N) is 2. The summed E-state index contributed by atoms with van der Waals surface area (Å²) in [5, 5.41) is 3.24. The zero-order valence-electron chi connectivity index (χ0n) is 20.2. The number of aromatic nitrogens is 1. The van der Waals surface area contributed by atoms with Crippen LogP contribution in [0.3, 0.4) is 0 Å². The van der Waals surface area contributed by atoms with Crippen LogP contribution in [0.25, 0.3) is 0 Å². The summed E-state index contributed by atoms with van der Waals surface area (Å²) in [4.78, 5) is 19.6. The van der Waals surface area contributed by atoms with E-state index < -0.39 is 29.1 Å². The fourth-order valence-electron chi connectivity index (χ4n) is 4.66. The maximum Gasteiger partial charge on any atom is 0.416 e. The second kappa shape index (κ2) is 10.7. The van der Waals surface area contributed by atoms with Crippen LogP contribution < -0.4 is 5.32 Å². The molecule has 2 amide bonds. The minimum atomic E-state index is -4.80. The van der Waals surface area contributed by atoms with Gasteiger partial charge in [-0.25, -0.2) is 9.18 Å². The first-order valence-electron chi connectivity index (χ1n) is 11.7. The minimum absolute atomic E-state index is 0.00437. The van der Waals surface area contributed by atoms with Gasteiger partial charge in [0.2, 0.25) is 0 Å². The summed E-state index contributed by atoms with van der Waals surface area (Å²) in [5.41, 5.74) is -2.02. The molecule has 0 spiro atoms. The molecule has 10 heteroatoms. The molecule has 1 fully saturated rings. The molecule has 1 aliphatic rings. The number of ether oxygens (including phenoxy) is 1. The van der Waals surface area contributed by atoms with Gasteiger partial charge in [-0.2, -0.15) is 13.2 Å². The Bertz CT molecular complexity index is 1230. The van der Waals surface area contributed by atoms with Crippen molar-refractivity contribution in [2.75, 3.05) is 13.1 Å². The molecule has 0 aliphatic carbocycles. The van der Waals surface area contributed by atoms with E-state index >= 15 is 0 Å². The van der Waals surface area contributed by atoms with Crippen LogP contribution in [0.4, 0.5) is 22.4 Å². The van der Waals surface area contributed by atoms with Crippen LogP contribution in [0.1, 0.15) is 36.2 Å². The van der Waals surface area contributed by atoms with E-state index in [1.807, 2.05) is 13.8 Å². The van der Waals surface area contributed by atoms with Crippen LogP contribution >= 0.6 is 11.6 Å². The number of hydrogen-bond acceptors (Lipinski definition) is 3. The largest absolute Gasteiger partial charge is 0.416 e. The number of carbonyl (C=O) groups excluding carboxylic acids is 1. The Morgan fingerprint density at radius 2 is 1.70 bits per heavy atom. The van der Waals surface area contributed by atoms with Crippen LogP contribution in [-0.2, 0) is 22.9 Å². The summed E-state index contributed by atoms with van der Waals surface area (Å²) >= 11 is 6.06. The number of rotatable bonds is 5. The molecule has 1 saturated heterocycles. The molecule has 196 valence electrons. The number of benzene rings is 2. The third-order valence-corrected chi connectivity index (χ3v) is 6.45. The van der Waals surface area contributed by atoms with Gasteiger partial charge in [0.05, 0.1) is 28.5 Å². The second-order valence-corrected chi connectivity index (χ2v) is 9.68. The van der Waals surface area contributed by atoms with Gasteiger partial charge >= 0.3 is 12.2 Å². The number of halogens is 5. The fourth-order valence-corrected chi connectivity index (χ4v) is 4.77. The first-order chi connectivity index (χ1) is 17.5. The van der Waals surface area contributed by atoms with Crippen molar-refractivity contribution < 1.29 is 27.1 Å². The van der Waals surface area contributed by atoms with Gasteiger partial charge in [0.25, 0.3) is 0 Å². The van der Waals surface area contributed by atoms with E-state index in [1.165, 1.54) is 18.3 Å². The predicted molar refractivity (Wildman–Crippen MR) is 132 cm³/mol. The monoisotopic (exact) mass is 535 g/mol. The molecule has 3 atom stereocenters.